The Balaban J connectivity index is 1.72. The maximum atomic E-state index is 13.4. The Morgan fingerprint density at radius 3 is 2.10 bits per heavy atom. The third-order valence-corrected chi connectivity index (χ3v) is 5.97. The summed E-state index contributed by atoms with van der Waals surface area (Å²) in [7, 11) is 4.62. The van der Waals surface area contributed by atoms with E-state index in [1.807, 2.05) is 12.1 Å². The highest BCUT2D eigenvalue weighted by Gasteiger charge is 2.38. The quantitative estimate of drug-likeness (QED) is 0.788. The first-order valence-electron chi connectivity index (χ1n) is 10.1. The number of carbonyl (C=O) groups is 2. The minimum atomic E-state index is -0.363. The van der Waals surface area contributed by atoms with Gasteiger partial charge in [0.05, 0.1) is 21.3 Å². The van der Waals surface area contributed by atoms with Gasteiger partial charge in [0.25, 0.3) is 0 Å². The van der Waals surface area contributed by atoms with Crippen LogP contribution in [0.4, 0.5) is 4.39 Å². The van der Waals surface area contributed by atoms with Gasteiger partial charge in [-0.1, -0.05) is 12.1 Å². The number of benzene rings is 2. The Kier molecular flexibility index (Phi) is 5.67. The Bertz CT molecular complexity index is 1040. The first kappa shape index (κ1) is 20.9. The molecule has 2 aromatic carbocycles. The van der Waals surface area contributed by atoms with Crippen LogP contribution in [0, 0.1) is 5.82 Å². The summed E-state index contributed by atoms with van der Waals surface area (Å²) in [5, 5.41) is 2.90. The molecule has 1 heterocycles. The fraction of sp³-hybridized carbons (Fsp3) is 0.333. The Morgan fingerprint density at radius 2 is 1.52 bits per heavy atom. The zero-order chi connectivity index (χ0) is 22.1. The monoisotopic (exact) mass is 425 g/mol. The Hall–Kier alpha value is -3.35. The van der Waals surface area contributed by atoms with Crippen molar-refractivity contribution in [3.8, 4) is 17.2 Å². The maximum Gasteiger partial charge on any atom is 0.225 e. The Morgan fingerprint density at radius 1 is 0.871 bits per heavy atom. The van der Waals surface area contributed by atoms with E-state index in [9.17, 15) is 14.0 Å². The van der Waals surface area contributed by atoms with E-state index in [0.29, 0.717) is 41.4 Å². The van der Waals surface area contributed by atoms with Crippen molar-refractivity contribution in [3.63, 3.8) is 0 Å². The van der Waals surface area contributed by atoms with E-state index in [1.54, 1.807) is 26.4 Å². The predicted molar refractivity (Wildman–Crippen MR) is 112 cm³/mol. The largest absolute Gasteiger partial charge is 0.493 e. The van der Waals surface area contributed by atoms with E-state index in [2.05, 4.69) is 5.32 Å². The average Bonchev–Trinajstić information content (AvgIpc) is 2.77. The SMILES string of the molecule is COc1cc([C@@H]2CC(=O)C3=C(C2)NC(=O)C[C@@H]3c2ccc(F)cc2)cc(OC)c1OC. The first-order chi connectivity index (χ1) is 14.9. The standard InChI is InChI=1S/C24H24FNO5/c1-29-20-10-15(11-21(30-2)24(20)31-3)14-8-18-23(19(27)9-14)17(12-22(28)26-18)13-4-6-16(25)7-5-13/h4-7,10-11,14,17H,8-9,12H2,1-3H3,(H,26,28)/t14-,17+/m0/s1. The minimum absolute atomic E-state index is 0.0191. The van der Waals surface area contributed by atoms with Crippen LogP contribution in [0.25, 0.3) is 0 Å². The molecule has 0 radical (unpaired) electrons. The van der Waals surface area contributed by atoms with Crippen molar-refractivity contribution in [1.82, 2.24) is 5.32 Å². The molecule has 0 aromatic heterocycles. The number of Topliss-reactive ketones (excluding diaryl/α,β-unsaturated/α-hetero) is 1. The van der Waals surface area contributed by atoms with E-state index in [1.165, 1.54) is 19.2 Å². The van der Waals surface area contributed by atoms with Gasteiger partial charge in [-0.3, -0.25) is 9.59 Å². The number of amides is 1. The summed E-state index contributed by atoms with van der Waals surface area (Å²) in [4.78, 5) is 25.6. The lowest BCUT2D eigenvalue weighted by molar-refractivity contribution is -0.122. The number of rotatable bonds is 5. The zero-order valence-electron chi connectivity index (χ0n) is 17.7. The molecule has 2 aliphatic rings. The minimum Gasteiger partial charge on any atom is -0.493 e. The van der Waals surface area contributed by atoms with Crippen LogP contribution >= 0.6 is 0 Å². The number of ether oxygens (including phenoxy) is 3. The zero-order valence-corrected chi connectivity index (χ0v) is 17.7. The van der Waals surface area contributed by atoms with Gasteiger partial charge in [-0.2, -0.15) is 0 Å². The molecule has 1 aliphatic heterocycles. The molecule has 4 rings (SSSR count). The van der Waals surface area contributed by atoms with Gasteiger partial charge < -0.3 is 19.5 Å². The second-order valence-electron chi connectivity index (χ2n) is 7.74. The molecule has 0 fully saturated rings. The molecule has 31 heavy (non-hydrogen) atoms. The number of methoxy groups -OCH3 is 3. The Labute approximate surface area is 180 Å². The van der Waals surface area contributed by atoms with Crippen LogP contribution in [0.1, 0.15) is 42.2 Å². The predicted octanol–water partition coefficient (Wildman–Crippen LogP) is 3.86. The van der Waals surface area contributed by atoms with E-state index >= 15 is 0 Å². The summed E-state index contributed by atoms with van der Waals surface area (Å²) < 4.78 is 29.6. The van der Waals surface area contributed by atoms with Crippen molar-refractivity contribution < 1.29 is 28.2 Å². The first-order valence-corrected chi connectivity index (χ1v) is 10.1. The smallest absolute Gasteiger partial charge is 0.225 e. The number of ketones is 1. The highest BCUT2D eigenvalue weighted by molar-refractivity contribution is 6.02. The highest BCUT2D eigenvalue weighted by Crippen LogP contribution is 2.46. The fourth-order valence-electron chi connectivity index (χ4n) is 4.51. The molecule has 162 valence electrons. The molecule has 0 unspecified atom stereocenters. The van der Waals surface area contributed by atoms with Crippen LogP contribution in [-0.2, 0) is 9.59 Å². The van der Waals surface area contributed by atoms with Crippen molar-refractivity contribution in [2.24, 2.45) is 0 Å². The van der Waals surface area contributed by atoms with Gasteiger partial charge >= 0.3 is 0 Å². The third kappa shape index (κ3) is 3.87. The van der Waals surface area contributed by atoms with Crippen molar-refractivity contribution in [1.29, 1.82) is 0 Å². The molecular weight excluding hydrogens is 401 g/mol. The van der Waals surface area contributed by atoms with Crippen LogP contribution in [0.3, 0.4) is 0 Å². The number of hydrogen-bond donors (Lipinski definition) is 1. The van der Waals surface area contributed by atoms with Crippen LogP contribution in [-0.4, -0.2) is 33.0 Å². The molecule has 1 amide bonds. The number of allylic oxidation sites excluding steroid dienone is 2. The summed E-state index contributed by atoms with van der Waals surface area (Å²) in [6.07, 6.45) is 0.971. The van der Waals surface area contributed by atoms with Crippen molar-refractivity contribution in [2.75, 3.05) is 21.3 Å². The molecule has 1 aliphatic carbocycles. The van der Waals surface area contributed by atoms with Crippen molar-refractivity contribution >= 4 is 11.7 Å². The van der Waals surface area contributed by atoms with Crippen LogP contribution < -0.4 is 19.5 Å². The number of hydrogen-bond acceptors (Lipinski definition) is 5. The summed E-state index contributed by atoms with van der Waals surface area (Å²) in [6, 6.07) is 9.67. The summed E-state index contributed by atoms with van der Waals surface area (Å²) in [5.74, 6) is 0.487. The molecular formula is C24H24FNO5. The van der Waals surface area contributed by atoms with E-state index < -0.39 is 0 Å². The number of carbonyl (C=O) groups excluding carboxylic acids is 2. The van der Waals surface area contributed by atoms with Gasteiger partial charge in [-0.15, -0.1) is 0 Å². The van der Waals surface area contributed by atoms with Gasteiger partial charge in [0.1, 0.15) is 5.82 Å². The molecule has 2 atom stereocenters. The van der Waals surface area contributed by atoms with Crippen LogP contribution in [0.5, 0.6) is 17.2 Å². The van der Waals surface area contributed by atoms with E-state index in [-0.39, 0.29) is 35.8 Å². The number of nitrogens with one attached hydrogen (secondary N) is 1. The van der Waals surface area contributed by atoms with Gasteiger partial charge in [-0.25, -0.2) is 4.39 Å². The summed E-state index contributed by atoms with van der Waals surface area (Å²) in [5.41, 5.74) is 2.89. The van der Waals surface area contributed by atoms with Crippen molar-refractivity contribution in [3.05, 3.63) is 64.6 Å². The topological polar surface area (TPSA) is 73.9 Å². The molecule has 0 saturated heterocycles. The lowest BCUT2D eigenvalue weighted by atomic mass is 9.73. The molecule has 0 spiro atoms. The van der Waals surface area contributed by atoms with Gasteiger partial charge in [-0.05, 0) is 47.7 Å². The summed E-state index contributed by atoms with van der Waals surface area (Å²) >= 11 is 0. The second-order valence-corrected chi connectivity index (χ2v) is 7.74. The van der Waals surface area contributed by atoms with Gasteiger partial charge in [0, 0.05) is 30.0 Å². The maximum absolute atomic E-state index is 13.4. The van der Waals surface area contributed by atoms with Gasteiger partial charge in [0.15, 0.2) is 17.3 Å². The lowest BCUT2D eigenvalue weighted by Gasteiger charge is -2.34. The van der Waals surface area contributed by atoms with E-state index in [4.69, 9.17) is 14.2 Å². The van der Waals surface area contributed by atoms with Crippen LogP contribution in [0.2, 0.25) is 0 Å². The number of halogens is 1. The molecule has 0 bridgehead atoms. The summed E-state index contributed by atoms with van der Waals surface area (Å²) in [6.45, 7) is 0. The average molecular weight is 425 g/mol. The second kappa shape index (κ2) is 8.41. The van der Waals surface area contributed by atoms with E-state index in [0.717, 1.165) is 11.1 Å². The molecule has 6 nitrogen and oxygen atoms in total. The fourth-order valence-corrected chi connectivity index (χ4v) is 4.51. The van der Waals surface area contributed by atoms with Gasteiger partial charge in [0.2, 0.25) is 11.7 Å². The van der Waals surface area contributed by atoms with Crippen LogP contribution in [0.15, 0.2) is 47.7 Å². The molecule has 2 aromatic rings. The molecule has 0 saturated carbocycles. The highest BCUT2D eigenvalue weighted by atomic mass is 19.1. The molecule has 1 N–H and O–H groups in total. The third-order valence-electron chi connectivity index (χ3n) is 5.97. The lowest BCUT2D eigenvalue weighted by Crippen LogP contribution is -2.38. The van der Waals surface area contributed by atoms with Crippen molar-refractivity contribution in [2.45, 2.75) is 31.1 Å². The normalized spacial score (nSPS) is 20.8. The molecule has 7 heteroatoms.